The standard InChI is InChI=1S/C24H26N2O5S/c1-24(2,3)25-32(30,31)19-9-5-6-14-15(19)7-4-8-17(14)26-22(28)20-13-10-11-16(18(27)12-13)21(20)23(26)29/h4-9,13,16,25,28-29H,10-12H2,1-3H3/t13-,16+/m0/s1. The first-order valence-electron chi connectivity index (χ1n) is 10.7. The minimum Gasteiger partial charge on any atom is -0.494 e. The number of Topliss-reactive ketones (excluding diaryl/α,β-unsaturated/α-hetero) is 1. The Hall–Kier alpha value is -2.84. The maximum absolute atomic E-state index is 13.1. The van der Waals surface area contributed by atoms with Crippen molar-refractivity contribution in [3.05, 3.63) is 47.5 Å². The zero-order chi connectivity index (χ0) is 23.0. The summed E-state index contributed by atoms with van der Waals surface area (Å²) in [4.78, 5) is 12.6. The van der Waals surface area contributed by atoms with E-state index in [1.807, 2.05) is 0 Å². The smallest absolute Gasteiger partial charge is 0.241 e. The Morgan fingerprint density at radius 1 is 0.969 bits per heavy atom. The molecule has 8 heteroatoms. The number of aromatic nitrogens is 1. The van der Waals surface area contributed by atoms with Gasteiger partial charge in [0, 0.05) is 39.8 Å². The predicted octanol–water partition coefficient (Wildman–Crippen LogP) is 4.05. The van der Waals surface area contributed by atoms with Crippen molar-refractivity contribution in [3.8, 4) is 17.4 Å². The molecule has 0 aliphatic heterocycles. The molecule has 1 fully saturated rings. The predicted molar refractivity (Wildman–Crippen MR) is 121 cm³/mol. The lowest BCUT2D eigenvalue weighted by atomic mass is 9.67. The highest BCUT2D eigenvalue weighted by molar-refractivity contribution is 7.89. The third-order valence-electron chi connectivity index (χ3n) is 6.42. The first kappa shape index (κ1) is 21.0. The van der Waals surface area contributed by atoms with E-state index in [0.29, 0.717) is 40.4 Å². The molecule has 3 aliphatic carbocycles. The van der Waals surface area contributed by atoms with Crippen molar-refractivity contribution in [2.45, 2.75) is 62.3 Å². The molecule has 168 valence electrons. The number of benzene rings is 2. The SMILES string of the molecule is CC(C)(C)NS(=O)(=O)c1cccc2c(-n3c(O)c4c(c3O)[C@@H]3CC[C@H]4CC3=O)cccc12. The molecule has 1 heterocycles. The van der Waals surface area contributed by atoms with E-state index in [9.17, 15) is 23.4 Å². The summed E-state index contributed by atoms with van der Waals surface area (Å²) in [5, 5.41) is 23.3. The van der Waals surface area contributed by atoms with Gasteiger partial charge < -0.3 is 10.2 Å². The molecule has 6 rings (SSSR count). The first-order valence-corrected chi connectivity index (χ1v) is 12.2. The summed E-state index contributed by atoms with van der Waals surface area (Å²) in [6.45, 7) is 5.32. The van der Waals surface area contributed by atoms with Crippen LogP contribution < -0.4 is 4.72 Å². The van der Waals surface area contributed by atoms with Gasteiger partial charge in [-0.25, -0.2) is 13.1 Å². The number of nitrogens with one attached hydrogen (secondary N) is 1. The van der Waals surface area contributed by atoms with Crippen molar-refractivity contribution in [2.75, 3.05) is 0 Å². The Balaban J connectivity index is 1.74. The third-order valence-corrected chi connectivity index (χ3v) is 8.24. The van der Waals surface area contributed by atoms with Crippen molar-refractivity contribution in [3.63, 3.8) is 0 Å². The molecule has 0 radical (unpaired) electrons. The van der Waals surface area contributed by atoms with Crippen LogP contribution in [0.3, 0.4) is 0 Å². The minimum absolute atomic E-state index is 0.0757. The van der Waals surface area contributed by atoms with Crippen LogP contribution in [0.25, 0.3) is 16.5 Å². The molecule has 32 heavy (non-hydrogen) atoms. The molecule has 7 nitrogen and oxygen atoms in total. The molecular formula is C24H26N2O5S. The van der Waals surface area contributed by atoms with Crippen molar-refractivity contribution < 1.29 is 23.4 Å². The van der Waals surface area contributed by atoms with Crippen LogP contribution in [0, 0.1) is 0 Å². The molecule has 2 bridgehead atoms. The fraction of sp³-hybridized carbons (Fsp3) is 0.375. The Morgan fingerprint density at radius 2 is 1.62 bits per heavy atom. The number of nitrogens with zero attached hydrogens (tertiary/aromatic N) is 1. The number of carbonyl (C=O) groups is 1. The number of sulfonamides is 1. The quantitative estimate of drug-likeness (QED) is 0.553. The van der Waals surface area contributed by atoms with Crippen LogP contribution in [0.5, 0.6) is 11.8 Å². The van der Waals surface area contributed by atoms with Crippen LogP contribution in [0.15, 0.2) is 41.3 Å². The summed E-state index contributed by atoms with van der Waals surface area (Å²) in [6.07, 6.45) is 1.85. The summed E-state index contributed by atoms with van der Waals surface area (Å²) >= 11 is 0. The van der Waals surface area contributed by atoms with E-state index < -0.39 is 21.5 Å². The van der Waals surface area contributed by atoms with E-state index in [4.69, 9.17) is 0 Å². The number of ketones is 1. The zero-order valence-electron chi connectivity index (χ0n) is 18.2. The summed E-state index contributed by atoms with van der Waals surface area (Å²) in [7, 11) is -3.81. The van der Waals surface area contributed by atoms with Gasteiger partial charge in [0.25, 0.3) is 0 Å². The number of fused-ring (bicyclic) bond motifs is 3. The molecule has 3 aliphatic rings. The second kappa shape index (κ2) is 6.83. The van der Waals surface area contributed by atoms with Crippen LogP contribution in [0.2, 0.25) is 0 Å². The van der Waals surface area contributed by atoms with E-state index in [1.165, 1.54) is 4.57 Å². The second-order valence-corrected chi connectivity index (χ2v) is 11.4. The van der Waals surface area contributed by atoms with Gasteiger partial charge in [0.2, 0.25) is 21.8 Å². The first-order chi connectivity index (χ1) is 15.0. The summed E-state index contributed by atoms with van der Waals surface area (Å²) in [6, 6.07) is 10.1. The summed E-state index contributed by atoms with van der Waals surface area (Å²) < 4.78 is 30.2. The van der Waals surface area contributed by atoms with E-state index >= 15 is 0 Å². The molecule has 1 aromatic heterocycles. The molecule has 0 spiro atoms. The van der Waals surface area contributed by atoms with E-state index in [2.05, 4.69) is 4.72 Å². The van der Waals surface area contributed by atoms with Gasteiger partial charge >= 0.3 is 0 Å². The largest absolute Gasteiger partial charge is 0.494 e. The van der Waals surface area contributed by atoms with Crippen molar-refractivity contribution in [1.29, 1.82) is 0 Å². The second-order valence-electron chi connectivity index (χ2n) is 9.79. The van der Waals surface area contributed by atoms with E-state index in [1.54, 1.807) is 57.2 Å². The fourth-order valence-electron chi connectivity index (χ4n) is 5.28. The highest BCUT2D eigenvalue weighted by atomic mass is 32.2. The average Bonchev–Trinajstić information content (AvgIpc) is 2.98. The number of rotatable bonds is 3. The normalized spacial score (nSPS) is 20.7. The Morgan fingerprint density at radius 3 is 2.31 bits per heavy atom. The average molecular weight is 455 g/mol. The van der Waals surface area contributed by atoms with Gasteiger partial charge in [-0.3, -0.25) is 9.36 Å². The monoisotopic (exact) mass is 454 g/mol. The van der Waals surface area contributed by atoms with Crippen LogP contribution in [-0.2, 0) is 14.8 Å². The fourth-order valence-corrected chi connectivity index (χ4v) is 6.92. The summed E-state index contributed by atoms with van der Waals surface area (Å²) in [5.41, 5.74) is 0.978. The molecule has 0 amide bonds. The molecule has 0 unspecified atom stereocenters. The van der Waals surface area contributed by atoms with Crippen molar-refractivity contribution >= 4 is 26.6 Å². The van der Waals surface area contributed by atoms with Gasteiger partial charge in [0.15, 0.2) is 0 Å². The lowest BCUT2D eigenvalue weighted by molar-refractivity contribution is -0.123. The van der Waals surface area contributed by atoms with Gasteiger partial charge in [-0.2, -0.15) is 0 Å². The van der Waals surface area contributed by atoms with Gasteiger partial charge in [-0.1, -0.05) is 24.3 Å². The highest BCUT2D eigenvalue weighted by Crippen LogP contribution is 2.56. The van der Waals surface area contributed by atoms with Crippen LogP contribution in [-0.4, -0.2) is 34.5 Å². The maximum atomic E-state index is 13.1. The lowest BCUT2D eigenvalue weighted by Gasteiger charge is -2.34. The lowest BCUT2D eigenvalue weighted by Crippen LogP contribution is -2.40. The Labute approximate surface area is 186 Å². The number of hydrogen-bond donors (Lipinski definition) is 3. The molecule has 2 atom stereocenters. The molecule has 2 aromatic carbocycles. The number of carbonyl (C=O) groups excluding carboxylic acids is 1. The van der Waals surface area contributed by atoms with Crippen LogP contribution in [0.4, 0.5) is 0 Å². The van der Waals surface area contributed by atoms with E-state index in [-0.39, 0.29) is 28.4 Å². The van der Waals surface area contributed by atoms with E-state index in [0.717, 1.165) is 6.42 Å². The molecule has 3 N–H and O–H groups in total. The highest BCUT2D eigenvalue weighted by Gasteiger charge is 2.45. The third kappa shape index (κ3) is 3.04. The van der Waals surface area contributed by atoms with Crippen LogP contribution >= 0.6 is 0 Å². The summed E-state index contributed by atoms with van der Waals surface area (Å²) in [5.74, 6) is -0.622. The Bertz CT molecular complexity index is 1380. The van der Waals surface area contributed by atoms with Gasteiger partial charge in [0.05, 0.1) is 10.6 Å². The molecular weight excluding hydrogens is 428 g/mol. The van der Waals surface area contributed by atoms with Gasteiger partial charge in [0.1, 0.15) is 5.78 Å². The Kier molecular flexibility index (Phi) is 4.49. The van der Waals surface area contributed by atoms with Crippen molar-refractivity contribution in [2.24, 2.45) is 0 Å². The van der Waals surface area contributed by atoms with Gasteiger partial charge in [-0.15, -0.1) is 0 Å². The zero-order valence-corrected chi connectivity index (χ0v) is 19.0. The molecule has 3 aromatic rings. The minimum atomic E-state index is -3.81. The topological polar surface area (TPSA) is 109 Å². The maximum Gasteiger partial charge on any atom is 0.241 e. The molecule has 0 saturated heterocycles. The number of hydrogen-bond acceptors (Lipinski definition) is 5. The number of aromatic hydroxyl groups is 2. The van der Waals surface area contributed by atoms with Gasteiger partial charge in [-0.05, 0) is 51.7 Å². The van der Waals surface area contributed by atoms with Crippen molar-refractivity contribution in [1.82, 2.24) is 9.29 Å². The van der Waals surface area contributed by atoms with Crippen LogP contribution in [0.1, 0.15) is 63.0 Å². The molecule has 1 saturated carbocycles.